The van der Waals surface area contributed by atoms with Gasteiger partial charge < -0.3 is 4.74 Å². The molecule has 0 fully saturated rings. The van der Waals surface area contributed by atoms with E-state index in [-0.39, 0.29) is 5.56 Å². The zero-order valence-corrected chi connectivity index (χ0v) is 12.9. The van der Waals surface area contributed by atoms with Crippen molar-refractivity contribution in [2.45, 2.75) is 33.6 Å². The molecule has 0 atom stereocenters. The summed E-state index contributed by atoms with van der Waals surface area (Å²) in [5, 5.41) is 0.590. The van der Waals surface area contributed by atoms with Gasteiger partial charge in [-0.15, -0.1) is 11.3 Å². The lowest BCUT2D eigenvalue weighted by molar-refractivity contribution is -0.138. The highest BCUT2D eigenvalue weighted by atomic mass is 32.1. The molecule has 0 spiro atoms. The number of hydrogen-bond acceptors (Lipinski definition) is 3. The van der Waals surface area contributed by atoms with Crippen molar-refractivity contribution >= 4 is 11.3 Å². The average molecular weight is 315 g/mol. The van der Waals surface area contributed by atoms with Gasteiger partial charge in [0, 0.05) is 12.2 Å². The van der Waals surface area contributed by atoms with Crippen LogP contribution in [0.25, 0.3) is 10.6 Å². The van der Waals surface area contributed by atoms with Crippen LogP contribution in [0.3, 0.4) is 0 Å². The van der Waals surface area contributed by atoms with E-state index in [9.17, 15) is 13.2 Å². The number of ether oxygens (including phenoxy) is 1. The van der Waals surface area contributed by atoms with Crippen LogP contribution in [0.15, 0.2) is 18.2 Å². The summed E-state index contributed by atoms with van der Waals surface area (Å²) in [7, 11) is 0. The van der Waals surface area contributed by atoms with Crippen molar-refractivity contribution in [2.24, 2.45) is 0 Å². The lowest BCUT2D eigenvalue weighted by Gasteiger charge is -2.11. The van der Waals surface area contributed by atoms with E-state index in [0.717, 1.165) is 16.6 Å². The van der Waals surface area contributed by atoms with E-state index in [1.807, 2.05) is 13.8 Å². The van der Waals surface area contributed by atoms with Crippen molar-refractivity contribution in [3.8, 4) is 10.6 Å². The fourth-order valence-electron chi connectivity index (χ4n) is 1.94. The predicted molar refractivity (Wildman–Crippen MR) is 77.4 cm³/mol. The van der Waals surface area contributed by atoms with Crippen molar-refractivity contribution in [3.05, 3.63) is 39.9 Å². The van der Waals surface area contributed by atoms with Gasteiger partial charge in [-0.2, -0.15) is 13.2 Å². The Morgan fingerprint density at radius 3 is 2.57 bits per heavy atom. The number of alkyl halides is 3. The third kappa shape index (κ3) is 3.63. The molecule has 0 unspecified atom stereocenters. The molecular weight excluding hydrogens is 299 g/mol. The lowest BCUT2D eigenvalue weighted by atomic mass is 10.0. The number of rotatable bonds is 4. The monoisotopic (exact) mass is 315 g/mol. The van der Waals surface area contributed by atoms with Gasteiger partial charge in [-0.25, -0.2) is 4.98 Å². The van der Waals surface area contributed by atoms with Gasteiger partial charge in [0.2, 0.25) is 0 Å². The third-order valence-corrected chi connectivity index (χ3v) is 4.30. The van der Waals surface area contributed by atoms with Gasteiger partial charge in [0.15, 0.2) is 0 Å². The minimum absolute atomic E-state index is 0.217. The van der Waals surface area contributed by atoms with E-state index < -0.39 is 11.7 Å². The van der Waals surface area contributed by atoms with Crippen molar-refractivity contribution in [1.82, 2.24) is 4.98 Å². The van der Waals surface area contributed by atoms with Gasteiger partial charge in [0.1, 0.15) is 5.01 Å². The topological polar surface area (TPSA) is 22.1 Å². The molecule has 0 amide bonds. The molecule has 0 bridgehead atoms. The molecule has 2 nitrogen and oxygen atoms in total. The predicted octanol–water partition coefficient (Wildman–Crippen LogP) is 4.98. The molecule has 0 aliphatic heterocycles. The SMILES string of the molecule is CCOCc1sc(-c2ccc(C)c(C(F)(F)F)c2)nc1C. The Kier molecular flexibility index (Phi) is 4.68. The summed E-state index contributed by atoms with van der Waals surface area (Å²) in [4.78, 5) is 5.30. The smallest absolute Gasteiger partial charge is 0.376 e. The summed E-state index contributed by atoms with van der Waals surface area (Å²) in [6, 6.07) is 4.32. The minimum atomic E-state index is -4.35. The molecule has 0 radical (unpaired) electrons. The van der Waals surface area contributed by atoms with Crippen molar-refractivity contribution in [3.63, 3.8) is 0 Å². The van der Waals surface area contributed by atoms with E-state index in [1.54, 1.807) is 6.07 Å². The van der Waals surface area contributed by atoms with Crippen LogP contribution in [0.4, 0.5) is 13.2 Å². The second-order valence-corrected chi connectivity index (χ2v) is 5.78. The second kappa shape index (κ2) is 6.15. The summed E-state index contributed by atoms with van der Waals surface area (Å²) in [6.07, 6.45) is -4.35. The zero-order valence-electron chi connectivity index (χ0n) is 12.0. The first-order chi connectivity index (χ1) is 9.82. The molecule has 1 aromatic heterocycles. The molecule has 114 valence electrons. The van der Waals surface area contributed by atoms with Crippen molar-refractivity contribution in [2.75, 3.05) is 6.61 Å². The quantitative estimate of drug-likeness (QED) is 0.793. The Bertz CT molecular complexity index is 634. The maximum Gasteiger partial charge on any atom is 0.416 e. The Hall–Kier alpha value is -1.40. The molecule has 0 saturated heterocycles. The first-order valence-electron chi connectivity index (χ1n) is 6.55. The standard InChI is InChI=1S/C15H16F3NOS/c1-4-20-8-13-10(3)19-14(21-13)11-6-5-9(2)12(7-11)15(16,17)18/h5-7H,4,8H2,1-3H3. The lowest BCUT2D eigenvalue weighted by Crippen LogP contribution is -2.07. The van der Waals surface area contributed by atoms with Crippen LogP contribution in [0, 0.1) is 13.8 Å². The van der Waals surface area contributed by atoms with E-state index in [2.05, 4.69) is 4.98 Å². The highest BCUT2D eigenvalue weighted by Gasteiger charge is 2.32. The maximum absolute atomic E-state index is 13.0. The van der Waals surface area contributed by atoms with Crippen LogP contribution in [-0.4, -0.2) is 11.6 Å². The number of nitrogens with zero attached hydrogens (tertiary/aromatic N) is 1. The van der Waals surface area contributed by atoms with Gasteiger partial charge in [-0.3, -0.25) is 0 Å². The zero-order chi connectivity index (χ0) is 15.6. The summed E-state index contributed by atoms with van der Waals surface area (Å²) < 4.78 is 44.2. The highest BCUT2D eigenvalue weighted by Crippen LogP contribution is 2.36. The first kappa shape index (κ1) is 16.0. The molecule has 0 N–H and O–H groups in total. The minimum Gasteiger partial charge on any atom is -0.376 e. The fraction of sp³-hybridized carbons (Fsp3) is 0.400. The third-order valence-electron chi connectivity index (χ3n) is 3.12. The Balaban J connectivity index is 2.39. The molecule has 0 aliphatic rings. The Labute approximate surface area is 125 Å². The number of aryl methyl sites for hydroxylation is 2. The van der Waals surface area contributed by atoms with E-state index in [4.69, 9.17) is 4.74 Å². The van der Waals surface area contributed by atoms with Crippen molar-refractivity contribution < 1.29 is 17.9 Å². The number of hydrogen-bond donors (Lipinski definition) is 0. The van der Waals surface area contributed by atoms with E-state index in [0.29, 0.717) is 23.8 Å². The van der Waals surface area contributed by atoms with Gasteiger partial charge in [-0.1, -0.05) is 12.1 Å². The molecule has 1 aromatic carbocycles. The highest BCUT2D eigenvalue weighted by molar-refractivity contribution is 7.15. The molecule has 0 aliphatic carbocycles. The number of benzene rings is 1. The Morgan fingerprint density at radius 2 is 1.95 bits per heavy atom. The van der Waals surface area contributed by atoms with Crippen LogP contribution in [0.5, 0.6) is 0 Å². The summed E-state index contributed by atoms with van der Waals surface area (Å²) in [5.41, 5.74) is 0.898. The molecule has 2 aromatic rings. The molecule has 1 heterocycles. The molecular formula is C15H16F3NOS. The summed E-state index contributed by atoms with van der Waals surface area (Å²) in [5.74, 6) is 0. The number of thiazole rings is 1. The van der Waals surface area contributed by atoms with Gasteiger partial charge in [-0.05, 0) is 32.4 Å². The van der Waals surface area contributed by atoms with Crippen molar-refractivity contribution in [1.29, 1.82) is 0 Å². The van der Waals surface area contributed by atoms with Crippen LogP contribution < -0.4 is 0 Å². The van der Waals surface area contributed by atoms with Crippen LogP contribution >= 0.6 is 11.3 Å². The Morgan fingerprint density at radius 1 is 1.24 bits per heavy atom. The van der Waals surface area contributed by atoms with Gasteiger partial charge >= 0.3 is 6.18 Å². The second-order valence-electron chi connectivity index (χ2n) is 4.69. The largest absolute Gasteiger partial charge is 0.416 e. The summed E-state index contributed by atoms with van der Waals surface area (Å²) in [6.45, 7) is 6.23. The maximum atomic E-state index is 13.0. The molecule has 2 rings (SSSR count). The number of aromatic nitrogens is 1. The number of halogens is 3. The van der Waals surface area contributed by atoms with Crippen LogP contribution in [-0.2, 0) is 17.5 Å². The normalized spacial score (nSPS) is 11.9. The molecule has 21 heavy (non-hydrogen) atoms. The van der Waals surface area contributed by atoms with Crippen LogP contribution in [0.2, 0.25) is 0 Å². The molecule has 0 saturated carbocycles. The van der Waals surface area contributed by atoms with E-state index >= 15 is 0 Å². The molecule has 6 heteroatoms. The van der Waals surface area contributed by atoms with E-state index in [1.165, 1.54) is 24.3 Å². The fourth-order valence-corrected chi connectivity index (χ4v) is 2.94. The van der Waals surface area contributed by atoms with Gasteiger partial charge in [0.25, 0.3) is 0 Å². The van der Waals surface area contributed by atoms with Gasteiger partial charge in [0.05, 0.1) is 22.7 Å². The summed E-state index contributed by atoms with van der Waals surface area (Å²) >= 11 is 1.37. The van der Waals surface area contributed by atoms with Crippen LogP contribution in [0.1, 0.15) is 28.6 Å². The average Bonchev–Trinajstić information content (AvgIpc) is 2.77. The first-order valence-corrected chi connectivity index (χ1v) is 7.36.